The molecule has 1 fully saturated rings. The quantitative estimate of drug-likeness (QED) is 0.649. The molecule has 0 aromatic heterocycles. The number of nitrogens with one attached hydrogen (secondary N) is 2. The third-order valence-corrected chi connectivity index (χ3v) is 3.33. The average molecular weight is 241 g/mol. The second-order valence-corrected chi connectivity index (χ2v) is 4.93. The van der Waals surface area contributed by atoms with Gasteiger partial charge in [0.25, 0.3) is 0 Å². The van der Waals surface area contributed by atoms with E-state index in [1.807, 2.05) is 6.92 Å². The van der Waals surface area contributed by atoms with Crippen molar-refractivity contribution in [3.8, 4) is 0 Å². The molecule has 1 aliphatic heterocycles. The van der Waals surface area contributed by atoms with Crippen molar-refractivity contribution in [2.24, 2.45) is 5.92 Å². The maximum atomic E-state index is 11.6. The number of rotatable bonds is 7. The van der Waals surface area contributed by atoms with Crippen LogP contribution in [0, 0.1) is 5.92 Å². The average Bonchev–Trinajstić information content (AvgIpc) is 2.36. The predicted octanol–water partition coefficient (Wildman–Crippen LogP) is 0.834. The fourth-order valence-electron chi connectivity index (χ4n) is 2.19. The first kappa shape index (κ1) is 14.5. The predicted molar refractivity (Wildman–Crippen MR) is 71.0 cm³/mol. The van der Waals surface area contributed by atoms with Crippen LogP contribution in [0.3, 0.4) is 0 Å². The highest BCUT2D eigenvalue weighted by atomic mass is 16.1. The molecule has 0 aromatic carbocycles. The van der Waals surface area contributed by atoms with E-state index in [1.54, 1.807) is 0 Å². The van der Waals surface area contributed by atoms with Crippen molar-refractivity contribution in [2.75, 3.05) is 39.3 Å². The van der Waals surface area contributed by atoms with Crippen LogP contribution >= 0.6 is 0 Å². The van der Waals surface area contributed by atoms with Crippen LogP contribution in [0.15, 0.2) is 0 Å². The van der Waals surface area contributed by atoms with Gasteiger partial charge in [-0.3, -0.25) is 4.79 Å². The van der Waals surface area contributed by atoms with Gasteiger partial charge in [0, 0.05) is 38.6 Å². The van der Waals surface area contributed by atoms with E-state index < -0.39 is 0 Å². The van der Waals surface area contributed by atoms with Gasteiger partial charge in [-0.05, 0) is 19.4 Å². The van der Waals surface area contributed by atoms with E-state index in [1.165, 1.54) is 0 Å². The number of carbonyl (C=O) groups excluding carboxylic acids is 1. The summed E-state index contributed by atoms with van der Waals surface area (Å²) >= 11 is 0. The second kappa shape index (κ2) is 8.48. The summed E-state index contributed by atoms with van der Waals surface area (Å²) in [6, 6.07) is 0. The van der Waals surface area contributed by atoms with Gasteiger partial charge in [-0.1, -0.05) is 20.3 Å². The molecule has 1 atom stereocenters. The molecular weight excluding hydrogens is 214 g/mol. The van der Waals surface area contributed by atoms with Gasteiger partial charge in [0.1, 0.15) is 0 Å². The van der Waals surface area contributed by atoms with Crippen molar-refractivity contribution >= 4 is 5.91 Å². The summed E-state index contributed by atoms with van der Waals surface area (Å²) in [6.45, 7) is 10.5. The molecular formula is C13H27N3O. The van der Waals surface area contributed by atoms with E-state index in [-0.39, 0.29) is 11.8 Å². The molecule has 0 aromatic rings. The van der Waals surface area contributed by atoms with E-state index in [0.717, 1.165) is 58.5 Å². The van der Waals surface area contributed by atoms with Crippen LogP contribution in [0.5, 0.6) is 0 Å². The first-order chi connectivity index (χ1) is 8.24. The maximum Gasteiger partial charge on any atom is 0.222 e. The molecule has 100 valence electrons. The first-order valence-electron chi connectivity index (χ1n) is 6.94. The Bertz CT molecular complexity index is 215. The summed E-state index contributed by atoms with van der Waals surface area (Å²) < 4.78 is 0. The van der Waals surface area contributed by atoms with Crippen LogP contribution in [0.4, 0.5) is 0 Å². The highest BCUT2D eigenvalue weighted by molar-refractivity contribution is 5.78. The molecule has 1 amide bonds. The van der Waals surface area contributed by atoms with Crippen molar-refractivity contribution in [3.63, 3.8) is 0 Å². The Hall–Kier alpha value is -0.610. The van der Waals surface area contributed by atoms with Gasteiger partial charge >= 0.3 is 0 Å². The number of nitrogens with zero attached hydrogens (tertiary/aromatic N) is 1. The van der Waals surface area contributed by atoms with E-state index in [0.29, 0.717) is 0 Å². The van der Waals surface area contributed by atoms with Crippen LogP contribution in [0.1, 0.15) is 33.1 Å². The number of carbonyl (C=O) groups is 1. The van der Waals surface area contributed by atoms with Crippen molar-refractivity contribution in [1.29, 1.82) is 0 Å². The summed E-state index contributed by atoms with van der Waals surface area (Å²) in [6.07, 6.45) is 3.13. The normalized spacial score (nSPS) is 18.9. The van der Waals surface area contributed by atoms with Gasteiger partial charge in [-0.2, -0.15) is 0 Å². The molecule has 0 saturated carbocycles. The molecule has 0 bridgehead atoms. The van der Waals surface area contributed by atoms with Gasteiger partial charge in [-0.25, -0.2) is 0 Å². The molecule has 0 aliphatic carbocycles. The lowest BCUT2D eigenvalue weighted by Crippen LogP contribution is -2.44. The summed E-state index contributed by atoms with van der Waals surface area (Å²) in [5.41, 5.74) is 0. The lowest BCUT2D eigenvalue weighted by Gasteiger charge is -2.27. The molecule has 1 heterocycles. The number of amides is 1. The molecule has 1 saturated heterocycles. The van der Waals surface area contributed by atoms with Crippen molar-refractivity contribution < 1.29 is 4.79 Å². The summed E-state index contributed by atoms with van der Waals surface area (Å²) in [5.74, 6) is 0.381. The fraction of sp³-hybridized carbons (Fsp3) is 0.923. The van der Waals surface area contributed by atoms with Gasteiger partial charge < -0.3 is 15.5 Å². The Kier molecular flexibility index (Phi) is 7.21. The van der Waals surface area contributed by atoms with Gasteiger partial charge in [0.2, 0.25) is 5.91 Å². The third-order valence-electron chi connectivity index (χ3n) is 3.33. The van der Waals surface area contributed by atoms with Crippen LogP contribution in [-0.4, -0.2) is 50.1 Å². The summed E-state index contributed by atoms with van der Waals surface area (Å²) in [7, 11) is 0. The zero-order chi connectivity index (χ0) is 12.5. The minimum Gasteiger partial charge on any atom is -0.356 e. The molecule has 0 radical (unpaired) electrons. The maximum absolute atomic E-state index is 11.6. The van der Waals surface area contributed by atoms with Crippen molar-refractivity contribution in [1.82, 2.24) is 15.5 Å². The minimum absolute atomic E-state index is 0.166. The van der Waals surface area contributed by atoms with Crippen LogP contribution < -0.4 is 10.6 Å². The number of hydrogen-bond acceptors (Lipinski definition) is 3. The Balaban J connectivity index is 2.01. The zero-order valence-corrected chi connectivity index (χ0v) is 11.3. The highest BCUT2D eigenvalue weighted by Gasteiger charge is 2.11. The molecule has 4 heteroatoms. The molecule has 1 aliphatic rings. The monoisotopic (exact) mass is 241 g/mol. The molecule has 2 N–H and O–H groups in total. The Morgan fingerprint density at radius 1 is 1.41 bits per heavy atom. The van der Waals surface area contributed by atoms with Gasteiger partial charge in [0.05, 0.1) is 0 Å². The lowest BCUT2D eigenvalue weighted by molar-refractivity contribution is -0.124. The largest absolute Gasteiger partial charge is 0.356 e. The Morgan fingerprint density at radius 3 is 2.76 bits per heavy atom. The molecule has 17 heavy (non-hydrogen) atoms. The van der Waals surface area contributed by atoms with E-state index in [9.17, 15) is 4.79 Å². The van der Waals surface area contributed by atoms with Crippen LogP contribution in [-0.2, 0) is 4.79 Å². The van der Waals surface area contributed by atoms with Crippen LogP contribution in [0.2, 0.25) is 0 Å². The molecule has 1 rings (SSSR count). The Labute approximate surface area is 105 Å². The topological polar surface area (TPSA) is 44.4 Å². The standard InChI is InChI=1S/C13H27N3O/c1-3-5-12(2)13(17)15-6-4-9-16-10-7-14-8-11-16/h12,14H,3-11H2,1-2H3,(H,15,17). The van der Waals surface area contributed by atoms with Crippen LogP contribution in [0.25, 0.3) is 0 Å². The van der Waals surface area contributed by atoms with E-state index in [2.05, 4.69) is 22.5 Å². The number of piperazine rings is 1. The van der Waals surface area contributed by atoms with Gasteiger partial charge in [-0.15, -0.1) is 0 Å². The summed E-state index contributed by atoms with van der Waals surface area (Å²) in [5, 5.41) is 6.37. The summed E-state index contributed by atoms with van der Waals surface area (Å²) in [4.78, 5) is 14.1. The van der Waals surface area contributed by atoms with Crippen molar-refractivity contribution in [3.05, 3.63) is 0 Å². The zero-order valence-electron chi connectivity index (χ0n) is 11.3. The molecule has 0 spiro atoms. The second-order valence-electron chi connectivity index (χ2n) is 4.93. The van der Waals surface area contributed by atoms with E-state index in [4.69, 9.17) is 0 Å². The van der Waals surface area contributed by atoms with Crippen molar-refractivity contribution in [2.45, 2.75) is 33.1 Å². The molecule has 4 nitrogen and oxygen atoms in total. The first-order valence-corrected chi connectivity index (χ1v) is 6.94. The smallest absolute Gasteiger partial charge is 0.222 e. The van der Waals surface area contributed by atoms with E-state index >= 15 is 0 Å². The fourth-order valence-corrected chi connectivity index (χ4v) is 2.19. The highest BCUT2D eigenvalue weighted by Crippen LogP contribution is 2.04. The minimum atomic E-state index is 0.166. The SMILES string of the molecule is CCCC(C)C(=O)NCCCN1CCNCC1. The Morgan fingerprint density at radius 2 is 2.12 bits per heavy atom. The number of hydrogen-bond donors (Lipinski definition) is 2. The lowest BCUT2D eigenvalue weighted by atomic mass is 10.1. The third kappa shape index (κ3) is 6.03. The molecule has 1 unspecified atom stereocenters. The van der Waals surface area contributed by atoms with Gasteiger partial charge in [0.15, 0.2) is 0 Å².